The fourth-order valence-corrected chi connectivity index (χ4v) is 2.28. The van der Waals surface area contributed by atoms with Crippen LogP contribution < -0.4 is 5.73 Å². The number of fused-ring (bicyclic) bond motifs is 1. The van der Waals surface area contributed by atoms with E-state index in [1.807, 2.05) is 12.1 Å². The second-order valence-corrected chi connectivity index (χ2v) is 4.02. The molecule has 3 aromatic rings. The lowest BCUT2D eigenvalue weighted by molar-refractivity contribution is 1.10. The zero-order valence-electron chi connectivity index (χ0n) is 7.64. The molecule has 0 unspecified atom stereocenters. The smallest absolute Gasteiger partial charge is 0.143 e. The number of anilines is 1. The highest BCUT2D eigenvalue weighted by Gasteiger charge is 2.10. The van der Waals surface area contributed by atoms with E-state index in [1.54, 1.807) is 12.4 Å². The van der Waals surface area contributed by atoms with Crippen LogP contribution in [-0.4, -0.2) is 20.2 Å². The molecule has 0 bridgehead atoms. The molecule has 15 heavy (non-hydrogen) atoms. The van der Waals surface area contributed by atoms with E-state index in [-0.39, 0.29) is 0 Å². The van der Waals surface area contributed by atoms with Gasteiger partial charge in [0, 0.05) is 6.20 Å². The molecule has 6 heteroatoms. The van der Waals surface area contributed by atoms with Gasteiger partial charge in [-0.1, -0.05) is 11.3 Å². The molecular formula is C9H7N5S. The first-order valence-electron chi connectivity index (χ1n) is 4.35. The number of aromatic amines is 1. The number of hydrogen-bond acceptors (Lipinski definition) is 5. The molecule has 0 saturated carbocycles. The highest BCUT2D eigenvalue weighted by Crippen LogP contribution is 2.30. The molecule has 0 saturated heterocycles. The van der Waals surface area contributed by atoms with Crippen LogP contribution >= 0.6 is 11.3 Å². The van der Waals surface area contributed by atoms with Crippen molar-refractivity contribution in [2.75, 3.05) is 5.73 Å². The van der Waals surface area contributed by atoms with Crippen molar-refractivity contribution < 1.29 is 0 Å². The van der Waals surface area contributed by atoms with Crippen molar-refractivity contribution in [3.8, 4) is 10.6 Å². The summed E-state index contributed by atoms with van der Waals surface area (Å²) in [6.07, 6.45) is 3.43. The Balaban J connectivity index is 2.24. The maximum Gasteiger partial charge on any atom is 0.143 e. The Kier molecular flexibility index (Phi) is 1.69. The Bertz CT molecular complexity index is 579. The number of thiazole rings is 1. The van der Waals surface area contributed by atoms with Crippen LogP contribution in [0.5, 0.6) is 0 Å². The van der Waals surface area contributed by atoms with Crippen molar-refractivity contribution >= 4 is 27.5 Å². The molecule has 74 valence electrons. The largest absolute Gasteiger partial charge is 0.383 e. The van der Waals surface area contributed by atoms with Crippen LogP contribution in [0.4, 0.5) is 5.82 Å². The molecule has 0 fully saturated rings. The van der Waals surface area contributed by atoms with Crippen LogP contribution in [0.1, 0.15) is 0 Å². The first kappa shape index (κ1) is 8.37. The molecule has 3 heterocycles. The summed E-state index contributed by atoms with van der Waals surface area (Å²) in [6.45, 7) is 0. The van der Waals surface area contributed by atoms with Crippen LogP contribution in [0.2, 0.25) is 0 Å². The maximum absolute atomic E-state index is 5.72. The van der Waals surface area contributed by atoms with Crippen molar-refractivity contribution in [2.24, 2.45) is 0 Å². The molecule has 0 aromatic carbocycles. The number of aromatic nitrogens is 4. The second kappa shape index (κ2) is 3.03. The Morgan fingerprint density at radius 2 is 2.33 bits per heavy atom. The van der Waals surface area contributed by atoms with Gasteiger partial charge in [0.25, 0.3) is 0 Å². The molecule has 0 aliphatic carbocycles. The van der Waals surface area contributed by atoms with E-state index in [1.165, 1.54) is 11.3 Å². The van der Waals surface area contributed by atoms with E-state index in [2.05, 4.69) is 20.2 Å². The lowest BCUT2D eigenvalue weighted by atomic mass is 10.3. The highest BCUT2D eigenvalue weighted by atomic mass is 32.1. The number of nitrogens with zero attached hydrogens (tertiary/aromatic N) is 3. The van der Waals surface area contributed by atoms with Crippen molar-refractivity contribution in [1.82, 2.24) is 20.2 Å². The minimum absolute atomic E-state index is 0.536. The predicted octanol–water partition coefficient (Wildman–Crippen LogP) is 1.66. The number of rotatable bonds is 1. The fourth-order valence-electron chi connectivity index (χ4n) is 1.35. The van der Waals surface area contributed by atoms with Crippen LogP contribution in [0, 0.1) is 0 Å². The number of hydrogen-bond donors (Lipinski definition) is 2. The summed E-state index contributed by atoms with van der Waals surface area (Å²) in [5.41, 5.74) is 7.44. The van der Waals surface area contributed by atoms with E-state index in [0.717, 1.165) is 20.9 Å². The number of nitrogens with two attached hydrogens (primary N) is 1. The topological polar surface area (TPSA) is 80.5 Å². The normalized spacial score (nSPS) is 10.9. The molecular weight excluding hydrogens is 210 g/mol. The van der Waals surface area contributed by atoms with E-state index in [9.17, 15) is 0 Å². The standard InChI is InChI=1S/C9H7N5S/c10-7-5(4-12-14-7)8-13-6-2-1-3-11-9(6)15-8/h1-4H,(H3,10,12,14). The minimum atomic E-state index is 0.536. The SMILES string of the molecule is Nc1[nH]ncc1-c1nc2cccnc2s1. The van der Waals surface area contributed by atoms with Gasteiger partial charge >= 0.3 is 0 Å². The van der Waals surface area contributed by atoms with Gasteiger partial charge in [-0.15, -0.1) is 0 Å². The maximum atomic E-state index is 5.72. The quantitative estimate of drug-likeness (QED) is 0.649. The lowest BCUT2D eigenvalue weighted by Gasteiger charge is -1.89. The summed E-state index contributed by atoms with van der Waals surface area (Å²) in [7, 11) is 0. The molecule has 5 nitrogen and oxygen atoms in total. The monoisotopic (exact) mass is 217 g/mol. The average molecular weight is 217 g/mol. The number of pyridine rings is 1. The molecule has 0 amide bonds. The number of nitrogen functional groups attached to an aromatic ring is 1. The van der Waals surface area contributed by atoms with Crippen LogP contribution in [0.3, 0.4) is 0 Å². The van der Waals surface area contributed by atoms with Gasteiger partial charge in [0.05, 0.1) is 11.8 Å². The molecule has 3 aromatic heterocycles. The molecule has 0 atom stereocenters. The van der Waals surface area contributed by atoms with E-state index < -0.39 is 0 Å². The molecule has 3 N–H and O–H groups in total. The van der Waals surface area contributed by atoms with Crippen LogP contribution in [0.15, 0.2) is 24.5 Å². The van der Waals surface area contributed by atoms with Gasteiger partial charge < -0.3 is 5.73 Å². The highest BCUT2D eigenvalue weighted by molar-refractivity contribution is 7.21. The average Bonchev–Trinajstić information content (AvgIpc) is 2.82. The van der Waals surface area contributed by atoms with Crippen molar-refractivity contribution in [3.05, 3.63) is 24.5 Å². The first-order chi connectivity index (χ1) is 7.34. The fraction of sp³-hybridized carbons (Fsp3) is 0. The Labute approximate surface area is 89.0 Å². The van der Waals surface area contributed by atoms with E-state index in [4.69, 9.17) is 5.73 Å². The molecule has 0 spiro atoms. The van der Waals surface area contributed by atoms with Gasteiger partial charge in [-0.3, -0.25) is 5.10 Å². The molecule has 0 aliphatic rings. The van der Waals surface area contributed by atoms with Gasteiger partial charge in [0.2, 0.25) is 0 Å². The van der Waals surface area contributed by atoms with Gasteiger partial charge in [-0.2, -0.15) is 5.10 Å². The Morgan fingerprint density at radius 3 is 3.07 bits per heavy atom. The van der Waals surface area contributed by atoms with Gasteiger partial charge in [-0.25, -0.2) is 9.97 Å². The predicted molar refractivity (Wildman–Crippen MR) is 59.4 cm³/mol. The second-order valence-electron chi connectivity index (χ2n) is 3.04. The summed E-state index contributed by atoms with van der Waals surface area (Å²) in [6, 6.07) is 3.79. The lowest BCUT2D eigenvalue weighted by Crippen LogP contribution is -1.86. The zero-order chi connectivity index (χ0) is 10.3. The van der Waals surface area contributed by atoms with E-state index >= 15 is 0 Å². The van der Waals surface area contributed by atoms with E-state index in [0.29, 0.717) is 5.82 Å². The minimum Gasteiger partial charge on any atom is -0.383 e. The zero-order valence-corrected chi connectivity index (χ0v) is 8.45. The third-order valence-electron chi connectivity index (χ3n) is 2.07. The molecule has 3 rings (SSSR count). The third kappa shape index (κ3) is 1.26. The van der Waals surface area contributed by atoms with Gasteiger partial charge in [0.15, 0.2) is 0 Å². The summed E-state index contributed by atoms with van der Waals surface area (Å²) in [4.78, 5) is 9.57. The summed E-state index contributed by atoms with van der Waals surface area (Å²) in [5.74, 6) is 0.536. The number of H-pyrrole nitrogens is 1. The van der Waals surface area contributed by atoms with Gasteiger partial charge in [-0.05, 0) is 12.1 Å². The van der Waals surface area contributed by atoms with Crippen molar-refractivity contribution in [3.63, 3.8) is 0 Å². The summed E-state index contributed by atoms with van der Waals surface area (Å²) >= 11 is 1.51. The molecule has 0 radical (unpaired) electrons. The number of nitrogens with one attached hydrogen (secondary N) is 1. The first-order valence-corrected chi connectivity index (χ1v) is 5.17. The Morgan fingerprint density at radius 1 is 1.40 bits per heavy atom. The van der Waals surface area contributed by atoms with Crippen molar-refractivity contribution in [2.45, 2.75) is 0 Å². The van der Waals surface area contributed by atoms with Gasteiger partial charge in [0.1, 0.15) is 21.2 Å². The summed E-state index contributed by atoms with van der Waals surface area (Å²) in [5, 5.41) is 7.39. The van der Waals surface area contributed by atoms with Crippen molar-refractivity contribution in [1.29, 1.82) is 0 Å². The Hall–Kier alpha value is -1.95. The third-order valence-corrected chi connectivity index (χ3v) is 3.08. The van der Waals surface area contributed by atoms with Crippen LogP contribution in [0.25, 0.3) is 20.9 Å². The van der Waals surface area contributed by atoms with Crippen LogP contribution in [-0.2, 0) is 0 Å². The summed E-state index contributed by atoms with van der Waals surface area (Å²) < 4.78 is 0. The molecule has 0 aliphatic heterocycles.